The molecule has 0 aliphatic heterocycles. The molecule has 0 saturated carbocycles. The molecule has 0 aliphatic carbocycles. The summed E-state index contributed by atoms with van der Waals surface area (Å²) in [6, 6.07) is 17.1. The van der Waals surface area contributed by atoms with E-state index in [1.807, 2.05) is 48.4 Å². The molecule has 0 spiro atoms. The van der Waals surface area contributed by atoms with E-state index in [0.717, 1.165) is 5.56 Å². The van der Waals surface area contributed by atoms with Crippen LogP contribution in [0.4, 0.5) is 0 Å². The van der Waals surface area contributed by atoms with Crippen LogP contribution in [0, 0.1) is 11.8 Å². The second-order valence-electron chi connectivity index (χ2n) is 2.69. The average molecular weight is 254 g/mol. The molecule has 0 saturated heterocycles. The van der Waals surface area contributed by atoms with Crippen LogP contribution >= 0.6 is 0 Å². The molecule has 3 heteroatoms. The summed E-state index contributed by atoms with van der Waals surface area (Å²) in [5, 5.41) is 8.14. The van der Waals surface area contributed by atoms with Gasteiger partial charge >= 0.3 is 5.97 Å². The fourth-order valence-electron chi connectivity index (χ4n) is 0.904. The van der Waals surface area contributed by atoms with Crippen molar-refractivity contribution in [2.45, 2.75) is 0 Å². The third kappa shape index (κ3) is 6.67. The van der Waals surface area contributed by atoms with Crippen molar-refractivity contribution >= 4 is 5.97 Å². The second kappa shape index (κ2) is 8.55. The fraction of sp³-hybridized carbons (Fsp3) is 0. The van der Waals surface area contributed by atoms with Gasteiger partial charge in [-0.2, -0.15) is 18.1 Å². The zero-order valence-electron chi connectivity index (χ0n) is 8.41. The van der Waals surface area contributed by atoms with Crippen molar-refractivity contribution in [1.29, 1.82) is 0 Å². The molecule has 16 heavy (non-hydrogen) atoms. The number of hydrogen-bond acceptors (Lipinski definition) is 1. The van der Waals surface area contributed by atoms with Gasteiger partial charge in [-0.15, -0.1) is 12.1 Å². The Hall–Kier alpha value is -1.75. The Bertz CT molecular complexity index is 413. The molecular weight excluding hydrogens is 244 g/mol. The van der Waals surface area contributed by atoms with Gasteiger partial charge in [0.15, 0.2) is 0 Å². The van der Waals surface area contributed by atoms with Crippen LogP contribution in [0.15, 0.2) is 54.6 Å². The minimum absolute atomic E-state index is 0. The molecule has 2 aromatic carbocycles. The molecule has 2 rings (SSSR count). The van der Waals surface area contributed by atoms with Gasteiger partial charge in [-0.3, -0.25) is 0 Å². The van der Waals surface area contributed by atoms with Crippen molar-refractivity contribution in [3.63, 3.8) is 0 Å². The van der Waals surface area contributed by atoms with Crippen molar-refractivity contribution in [3.05, 3.63) is 60.2 Å². The summed E-state index contributed by atoms with van der Waals surface area (Å²) in [5.41, 5.74) is 0.738. The molecule has 0 fully saturated rings. The standard InChI is InChI=1S/C8H5O2.C5H5.Fe/c9-8(10)6-5-7-3-1-2-4-7;1-2-4-5-3-1;/h1-4H,(H,9,10);1-5H;/q-1;-5;. The maximum absolute atomic E-state index is 9.92. The van der Waals surface area contributed by atoms with E-state index in [2.05, 4.69) is 5.92 Å². The summed E-state index contributed by atoms with van der Waals surface area (Å²) in [5.74, 6) is 3.39. The maximum Gasteiger partial charge on any atom is 0.330 e. The van der Waals surface area contributed by atoms with Crippen LogP contribution in [0.2, 0.25) is 0 Å². The minimum atomic E-state index is -1.10. The Morgan fingerprint density at radius 2 is 1.50 bits per heavy atom. The first-order valence-electron chi connectivity index (χ1n) is 4.42. The third-order valence-corrected chi connectivity index (χ3v) is 1.53. The number of carboxylic acids is 1. The first kappa shape index (κ1) is 14.2. The molecule has 0 amide bonds. The monoisotopic (exact) mass is 254 g/mol. The number of carboxylic acid groups (broad SMARTS) is 1. The maximum atomic E-state index is 9.92. The van der Waals surface area contributed by atoms with Crippen molar-refractivity contribution in [1.82, 2.24) is 0 Å². The molecule has 88 valence electrons. The van der Waals surface area contributed by atoms with Crippen LogP contribution in [0.3, 0.4) is 0 Å². The summed E-state index contributed by atoms with van der Waals surface area (Å²) in [7, 11) is 0. The van der Waals surface area contributed by atoms with Gasteiger partial charge in [0.25, 0.3) is 0 Å². The topological polar surface area (TPSA) is 37.3 Å². The number of rotatable bonds is 0. The zero-order chi connectivity index (χ0) is 10.9. The molecule has 0 aliphatic rings. The van der Waals surface area contributed by atoms with Gasteiger partial charge in [0.05, 0.1) is 0 Å². The quantitative estimate of drug-likeness (QED) is 0.444. The Balaban J connectivity index is 0.000000318. The molecule has 2 aromatic rings. The molecule has 1 N–H and O–H groups in total. The number of aliphatic carboxylic acids is 1. The Kier molecular flexibility index (Phi) is 7.61. The Labute approximate surface area is 105 Å². The minimum Gasteiger partial charge on any atom is -0.748 e. The van der Waals surface area contributed by atoms with Crippen LogP contribution in [0.25, 0.3) is 0 Å². The molecule has 0 bridgehead atoms. The van der Waals surface area contributed by atoms with Gasteiger partial charge in [0.2, 0.25) is 0 Å². The van der Waals surface area contributed by atoms with Gasteiger partial charge in [-0.25, -0.2) is 4.79 Å². The van der Waals surface area contributed by atoms with E-state index in [-0.39, 0.29) is 17.1 Å². The van der Waals surface area contributed by atoms with E-state index >= 15 is 0 Å². The van der Waals surface area contributed by atoms with Crippen LogP contribution in [0.1, 0.15) is 5.56 Å². The van der Waals surface area contributed by atoms with E-state index in [1.54, 1.807) is 12.1 Å². The van der Waals surface area contributed by atoms with Gasteiger partial charge in [-0.1, -0.05) is 11.5 Å². The van der Waals surface area contributed by atoms with Crippen molar-refractivity contribution in [3.8, 4) is 11.8 Å². The molecular formula is C13H10FeO2-6. The molecule has 0 radical (unpaired) electrons. The first-order chi connectivity index (χ1) is 7.29. The molecule has 0 unspecified atom stereocenters. The van der Waals surface area contributed by atoms with Gasteiger partial charge in [0.1, 0.15) is 0 Å². The Morgan fingerprint density at radius 1 is 1.06 bits per heavy atom. The van der Waals surface area contributed by atoms with E-state index in [4.69, 9.17) is 5.11 Å². The zero-order valence-corrected chi connectivity index (χ0v) is 9.51. The predicted octanol–water partition coefficient (Wildman–Crippen LogP) is 2.24. The van der Waals surface area contributed by atoms with E-state index in [1.165, 1.54) is 0 Å². The van der Waals surface area contributed by atoms with E-state index < -0.39 is 5.97 Å². The molecule has 0 heterocycles. The summed E-state index contributed by atoms with van der Waals surface area (Å²) < 4.78 is 0. The summed E-state index contributed by atoms with van der Waals surface area (Å²) >= 11 is 0. The van der Waals surface area contributed by atoms with Crippen LogP contribution < -0.4 is 0 Å². The van der Waals surface area contributed by atoms with Gasteiger partial charge in [-0.05, 0) is 0 Å². The van der Waals surface area contributed by atoms with Crippen LogP contribution in [-0.2, 0) is 21.9 Å². The van der Waals surface area contributed by atoms with Gasteiger partial charge < -0.3 is 35.4 Å². The first-order valence-corrected chi connectivity index (χ1v) is 4.42. The molecule has 0 aromatic heterocycles. The Morgan fingerprint density at radius 3 is 1.88 bits per heavy atom. The second-order valence-corrected chi connectivity index (χ2v) is 2.69. The van der Waals surface area contributed by atoms with Crippen molar-refractivity contribution < 1.29 is 27.0 Å². The third-order valence-electron chi connectivity index (χ3n) is 1.53. The molecule has 0 atom stereocenters. The summed E-state index contributed by atoms with van der Waals surface area (Å²) in [6.45, 7) is 0. The smallest absolute Gasteiger partial charge is 0.330 e. The summed E-state index contributed by atoms with van der Waals surface area (Å²) in [6.07, 6.45) is 0. The average Bonchev–Trinajstić information content (AvgIpc) is 2.91. The van der Waals surface area contributed by atoms with Crippen molar-refractivity contribution in [2.75, 3.05) is 0 Å². The van der Waals surface area contributed by atoms with Crippen molar-refractivity contribution in [2.24, 2.45) is 0 Å². The van der Waals surface area contributed by atoms with E-state index in [9.17, 15) is 4.79 Å². The predicted molar refractivity (Wildman–Crippen MR) is 58.6 cm³/mol. The molecule has 2 nitrogen and oxygen atoms in total. The van der Waals surface area contributed by atoms with Crippen LogP contribution in [0.5, 0.6) is 0 Å². The summed E-state index contributed by atoms with van der Waals surface area (Å²) in [4.78, 5) is 9.92. The normalized spacial score (nSPS) is 7.50. The van der Waals surface area contributed by atoms with Gasteiger partial charge in [0, 0.05) is 17.1 Å². The van der Waals surface area contributed by atoms with Crippen LogP contribution in [-0.4, -0.2) is 11.1 Å². The SMILES string of the molecule is O=C(O)C#C[c-]1cccc1.[Fe].[cH-]1[cH-][cH-][cH-][cH-]1. The number of hydrogen-bond donors (Lipinski definition) is 1. The fourth-order valence-corrected chi connectivity index (χ4v) is 0.904. The number of carbonyl (C=O) groups is 1. The largest absolute Gasteiger partial charge is 0.748 e. The van der Waals surface area contributed by atoms with E-state index in [0.29, 0.717) is 0 Å².